The van der Waals surface area contributed by atoms with Crippen LogP contribution in [0.25, 0.3) is 22.2 Å². The number of nitrogens with one attached hydrogen (secondary N) is 1. The molecule has 0 amide bonds. The number of ether oxygens (including phenoxy) is 3. The zero-order valence-corrected chi connectivity index (χ0v) is 19.8. The van der Waals surface area contributed by atoms with Gasteiger partial charge in [-0.3, -0.25) is 4.68 Å². The van der Waals surface area contributed by atoms with E-state index >= 15 is 0 Å². The fraction of sp³-hybridized carbons (Fsp3) is 0.440. The van der Waals surface area contributed by atoms with Crippen LogP contribution in [0, 0.1) is 0 Å². The predicted molar refractivity (Wildman–Crippen MR) is 129 cm³/mol. The lowest BCUT2D eigenvalue weighted by Crippen LogP contribution is -2.33. The van der Waals surface area contributed by atoms with E-state index in [4.69, 9.17) is 14.2 Å². The van der Waals surface area contributed by atoms with Crippen molar-refractivity contribution in [3.8, 4) is 11.3 Å². The Morgan fingerprint density at radius 1 is 1.12 bits per heavy atom. The molecule has 170 valence electrons. The summed E-state index contributed by atoms with van der Waals surface area (Å²) >= 11 is 0. The van der Waals surface area contributed by atoms with Gasteiger partial charge in [0.15, 0.2) is 6.16 Å². The first-order valence-corrected chi connectivity index (χ1v) is 13.1. The summed E-state index contributed by atoms with van der Waals surface area (Å²) in [5.74, 6) is 0. The number of nitrogens with zero attached hydrogens (tertiary/aromatic N) is 1. The maximum Gasteiger partial charge on any atom is 0.340 e. The van der Waals surface area contributed by atoms with Gasteiger partial charge in [-0.1, -0.05) is 34.9 Å². The predicted octanol–water partition coefficient (Wildman–Crippen LogP) is 5.15. The van der Waals surface area contributed by atoms with Crippen LogP contribution < -0.4 is 5.43 Å². The average molecular weight is 456 g/mol. The molecule has 3 aromatic rings. The third kappa shape index (κ3) is 5.57. The van der Waals surface area contributed by atoms with E-state index in [0.717, 1.165) is 54.0 Å². The van der Waals surface area contributed by atoms with E-state index in [2.05, 4.69) is 58.6 Å². The van der Waals surface area contributed by atoms with E-state index in [1.165, 1.54) is 5.39 Å². The third-order valence-corrected chi connectivity index (χ3v) is 6.59. The highest BCUT2D eigenvalue weighted by atomic mass is 31.1. The van der Waals surface area contributed by atoms with Crippen LogP contribution >= 0.6 is 7.80 Å². The van der Waals surface area contributed by atoms with Crippen LogP contribution in [-0.2, 0) is 31.5 Å². The van der Waals surface area contributed by atoms with Crippen LogP contribution in [0.5, 0.6) is 0 Å². The minimum atomic E-state index is -1.25. The molecule has 4 rings (SSSR count). The Labute approximate surface area is 190 Å². The molecule has 1 N–H and O–H groups in total. The van der Waals surface area contributed by atoms with Crippen LogP contribution in [0.4, 0.5) is 0 Å². The second-order valence-electron chi connectivity index (χ2n) is 8.26. The van der Waals surface area contributed by atoms with Crippen molar-refractivity contribution in [2.24, 2.45) is 0 Å². The van der Waals surface area contributed by atoms with E-state index in [-0.39, 0.29) is 0 Å². The van der Waals surface area contributed by atoms with E-state index in [9.17, 15) is 4.57 Å². The van der Waals surface area contributed by atoms with E-state index in [0.29, 0.717) is 32.0 Å². The molecule has 2 heterocycles. The zero-order chi connectivity index (χ0) is 22.3. The minimum absolute atomic E-state index is 0.364. The first kappa shape index (κ1) is 22.9. The summed E-state index contributed by atoms with van der Waals surface area (Å²) in [5, 5.41) is 1.19. The van der Waals surface area contributed by atoms with Gasteiger partial charge in [0.2, 0.25) is 0 Å². The Bertz CT molecular complexity index is 1060. The molecule has 1 fully saturated rings. The summed E-state index contributed by atoms with van der Waals surface area (Å²) in [5.41, 5.74) is 9.29. The lowest BCUT2D eigenvalue weighted by molar-refractivity contribution is 0.0618. The summed E-state index contributed by atoms with van der Waals surface area (Å²) in [4.78, 5) is 0. The number of hydrogen-bond acceptors (Lipinski definition) is 5. The molecule has 7 heteroatoms. The maximum absolute atomic E-state index is 11.8. The summed E-state index contributed by atoms with van der Waals surface area (Å²) in [6.07, 6.45) is 2.55. The molecule has 1 unspecified atom stereocenters. The molecule has 32 heavy (non-hydrogen) atoms. The van der Waals surface area contributed by atoms with Gasteiger partial charge in [-0.25, -0.2) is 0 Å². The van der Waals surface area contributed by atoms with Crippen LogP contribution in [-0.4, -0.2) is 50.9 Å². The molecule has 0 radical (unpaired) electrons. The van der Waals surface area contributed by atoms with Gasteiger partial charge in [0.05, 0.1) is 31.0 Å². The molecule has 1 aliphatic rings. The second-order valence-corrected chi connectivity index (χ2v) is 9.83. The Kier molecular flexibility index (Phi) is 7.93. The number of para-hydroxylation sites is 1. The molecule has 0 aliphatic carbocycles. The minimum Gasteiger partial charge on any atom is -0.382 e. The number of hydrogen-bond donors (Lipinski definition) is 1. The number of aromatic nitrogens is 1. The van der Waals surface area contributed by atoms with Crippen LogP contribution in [0.1, 0.15) is 24.0 Å². The van der Waals surface area contributed by atoms with Gasteiger partial charge >= 0.3 is 7.80 Å². The lowest BCUT2D eigenvalue weighted by Gasteiger charge is -2.26. The van der Waals surface area contributed by atoms with Crippen molar-refractivity contribution in [3.63, 3.8) is 0 Å². The monoisotopic (exact) mass is 455 g/mol. The van der Waals surface area contributed by atoms with Crippen LogP contribution in [0.15, 0.2) is 48.5 Å². The molecule has 6 nitrogen and oxygen atoms in total. The van der Waals surface area contributed by atoms with Crippen molar-refractivity contribution in [1.82, 2.24) is 4.68 Å². The average Bonchev–Trinajstić information content (AvgIpc) is 3.15. The SMILES string of the molecule is COCCOCc1cc(C[P+](C)=O)ccc1-c1cc2ccccc2n1NC1CCOCC1. The Hall–Kier alpha value is -2.24. The Morgan fingerprint density at radius 3 is 2.72 bits per heavy atom. The number of fused-ring (bicyclic) bond motifs is 1. The van der Waals surface area contributed by atoms with Crippen LogP contribution in [0.2, 0.25) is 0 Å². The third-order valence-electron chi connectivity index (χ3n) is 5.78. The molecule has 0 bridgehead atoms. The first-order chi connectivity index (χ1) is 15.7. The fourth-order valence-electron chi connectivity index (χ4n) is 4.20. The summed E-state index contributed by atoms with van der Waals surface area (Å²) in [6, 6.07) is 17.4. The highest BCUT2D eigenvalue weighted by Crippen LogP contribution is 2.33. The molecular formula is C25H32N2O4P+. The highest BCUT2D eigenvalue weighted by Gasteiger charge is 2.20. The van der Waals surface area contributed by atoms with Crippen molar-refractivity contribution < 1.29 is 18.8 Å². The van der Waals surface area contributed by atoms with Gasteiger partial charge in [0.25, 0.3) is 0 Å². The quantitative estimate of drug-likeness (QED) is 0.338. The zero-order valence-electron chi connectivity index (χ0n) is 18.9. The smallest absolute Gasteiger partial charge is 0.340 e. The molecule has 0 spiro atoms. The maximum atomic E-state index is 11.8. The van der Waals surface area contributed by atoms with Gasteiger partial charge in [0.1, 0.15) is 6.66 Å². The van der Waals surface area contributed by atoms with Crippen molar-refractivity contribution in [2.75, 3.05) is 45.6 Å². The fourth-order valence-corrected chi connectivity index (χ4v) is 4.91. The van der Waals surface area contributed by atoms with Gasteiger partial charge in [-0.2, -0.15) is 0 Å². The number of methoxy groups -OCH3 is 1. The van der Waals surface area contributed by atoms with Crippen molar-refractivity contribution in [1.29, 1.82) is 0 Å². The van der Waals surface area contributed by atoms with Gasteiger partial charge in [-0.15, -0.1) is 0 Å². The largest absolute Gasteiger partial charge is 0.382 e. The van der Waals surface area contributed by atoms with E-state index in [1.807, 2.05) is 0 Å². The van der Waals surface area contributed by atoms with E-state index < -0.39 is 7.80 Å². The number of rotatable bonds is 10. The van der Waals surface area contributed by atoms with Crippen LogP contribution in [0.3, 0.4) is 0 Å². The molecule has 0 saturated carbocycles. The molecule has 1 aliphatic heterocycles. The van der Waals surface area contributed by atoms with Crippen molar-refractivity contribution in [3.05, 3.63) is 59.7 Å². The normalized spacial score (nSPS) is 15.2. The Balaban J connectivity index is 1.74. The second kappa shape index (κ2) is 11.1. The van der Waals surface area contributed by atoms with Gasteiger partial charge < -0.3 is 19.6 Å². The number of benzene rings is 2. The summed E-state index contributed by atoms with van der Waals surface area (Å²) < 4.78 is 30.6. The topological polar surface area (TPSA) is 61.7 Å². The molecule has 1 atom stereocenters. The molecule has 1 saturated heterocycles. The van der Waals surface area contributed by atoms with Gasteiger partial charge in [0, 0.05) is 37.3 Å². The summed E-state index contributed by atoms with van der Waals surface area (Å²) in [7, 11) is 0.428. The highest BCUT2D eigenvalue weighted by molar-refractivity contribution is 7.42. The summed E-state index contributed by atoms with van der Waals surface area (Å²) in [6.45, 7) is 4.91. The molecule has 2 aromatic carbocycles. The van der Waals surface area contributed by atoms with Crippen molar-refractivity contribution in [2.45, 2.75) is 31.7 Å². The van der Waals surface area contributed by atoms with Crippen molar-refractivity contribution >= 4 is 18.7 Å². The van der Waals surface area contributed by atoms with E-state index in [1.54, 1.807) is 13.8 Å². The standard InChI is InChI=1S/C25H32N2O4P/c1-29-13-14-31-17-21-15-19(18-32(2)28)7-8-23(21)25-16-20-5-3-4-6-24(20)27(25)26-22-9-11-30-12-10-22/h3-8,15-16,22,26H,9-14,17-18H2,1-2H3/q+1. The molecule has 1 aromatic heterocycles. The Morgan fingerprint density at radius 2 is 1.94 bits per heavy atom. The molecular weight excluding hydrogens is 423 g/mol. The first-order valence-electron chi connectivity index (χ1n) is 11.2. The van der Waals surface area contributed by atoms with Gasteiger partial charge in [-0.05, 0) is 42.2 Å². The lowest BCUT2D eigenvalue weighted by atomic mass is 10.0.